The van der Waals surface area contributed by atoms with Gasteiger partial charge in [-0.3, -0.25) is 19.4 Å². The molecule has 20 heavy (non-hydrogen) atoms. The van der Waals surface area contributed by atoms with Crippen LogP contribution in [0.1, 0.15) is 35.5 Å². The number of anilines is 1. The highest BCUT2D eigenvalue weighted by atomic mass is 16.5. The molecule has 1 aromatic heterocycles. The van der Waals surface area contributed by atoms with Gasteiger partial charge in [-0.1, -0.05) is 29.8 Å². The number of ketones is 1. The lowest BCUT2D eigenvalue weighted by molar-refractivity contribution is -0.756. The fourth-order valence-corrected chi connectivity index (χ4v) is 1.85. The number of amides is 1. The molecule has 6 nitrogen and oxygen atoms in total. The van der Waals surface area contributed by atoms with Crippen molar-refractivity contribution in [1.82, 2.24) is 5.27 Å². The summed E-state index contributed by atoms with van der Waals surface area (Å²) in [5.41, 5.74) is 2.40. The van der Waals surface area contributed by atoms with Crippen molar-refractivity contribution < 1.29 is 18.8 Å². The van der Waals surface area contributed by atoms with E-state index in [0.29, 0.717) is 6.54 Å². The molecule has 104 valence electrons. The van der Waals surface area contributed by atoms with Gasteiger partial charge in [-0.05, 0) is 11.6 Å². The first-order valence-corrected chi connectivity index (χ1v) is 6.21. The van der Waals surface area contributed by atoms with Crippen LogP contribution in [0.3, 0.4) is 0 Å². The van der Waals surface area contributed by atoms with Gasteiger partial charge in [0.2, 0.25) is 23.5 Å². The highest BCUT2D eigenvalue weighted by Gasteiger charge is 2.29. The predicted octanol–water partition coefficient (Wildman–Crippen LogP) is 1.48. The Labute approximate surface area is 116 Å². The van der Waals surface area contributed by atoms with Crippen LogP contribution in [0.25, 0.3) is 0 Å². The number of hydrogen-bond acceptors (Lipinski definition) is 4. The quantitative estimate of drug-likeness (QED) is 0.676. The molecule has 0 saturated carbocycles. The number of rotatable bonds is 4. The summed E-state index contributed by atoms with van der Waals surface area (Å²) in [4.78, 5) is 22.8. The van der Waals surface area contributed by atoms with Crippen molar-refractivity contribution in [1.29, 1.82) is 0 Å². The van der Waals surface area contributed by atoms with E-state index in [1.807, 2.05) is 31.2 Å². The van der Waals surface area contributed by atoms with Crippen LogP contribution in [-0.2, 0) is 11.3 Å². The fourth-order valence-electron chi connectivity index (χ4n) is 1.85. The summed E-state index contributed by atoms with van der Waals surface area (Å²) in [6.07, 6.45) is 0. The van der Waals surface area contributed by atoms with E-state index < -0.39 is 0 Å². The third-order valence-electron chi connectivity index (χ3n) is 2.78. The molecule has 0 saturated heterocycles. The van der Waals surface area contributed by atoms with E-state index in [-0.39, 0.29) is 23.3 Å². The molecule has 0 fully saturated rings. The largest absolute Gasteiger partial charge is 0.340 e. The molecule has 1 aromatic carbocycles. The maximum Gasteiger partial charge on any atom is 0.340 e. The second-order valence-corrected chi connectivity index (χ2v) is 4.63. The molecular formula is C14H16N3O3+. The summed E-state index contributed by atoms with van der Waals surface area (Å²) >= 11 is 0. The van der Waals surface area contributed by atoms with E-state index in [9.17, 15) is 9.59 Å². The standard InChI is InChI=1S/C14H15N3O3/c1-9-4-6-12(7-5-9)8-17-13(10(2)18)14(20-16-17)15-11(3)19/h4-7H,8H2,1-3H3/p+1. The zero-order chi connectivity index (χ0) is 14.7. The second-order valence-electron chi connectivity index (χ2n) is 4.63. The Kier molecular flexibility index (Phi) is 3.93. The first-order chi connectivity index (χ1) is 9.47. The number of aromatic nitrogens is 2. The number of nitrogens with zero attached hydrogens (tertiary/aromatic N) is 2. The first-order valence-electron chi connectivity index (χ1n) is 6.21. The Morgan fingerprint density at radius 3 is 2.45 bits per heavy atom. The number of carbonyl (C=O) groups excluding carboxylic acids is 2. The topological polar surface area (TPSA) is 76.1 Å². The first kappa shape index (κ1) is 13.9. The summed E-state index contributed by atoms with van der Waals surface area (Å²) in [6, 6.07) is 7.88. The maximum atomic E-state index is 11.7. The number of nitrogens with one attached hydrogen (secondary N) is 1. The van der Waals surface area contributed by atoms with Gasteiger partial charge in [0.05, 0.1) is 0 Å². The lowest BCUT2D eigenvalue weighted by atomic mass is 10.1. The summed E-state index contributed by atoms with van der Waals surface area (Å²) < 4.78 is 6.47. The van der Waals surface area contributed by atoms with E-state index in [1.165, 1.54) is 18.5 Å². The Hall–Kier alpha value is -2.50. The minimum absolute atomic E-state index is 0.0807. The smallest absolute Gasteiger partial charge is 0.289 e. The predicted molar refractivity (Wildman–Crippen MR) is 71.3 cm³/mol. The van der Waals surface area contributed by atoms with Gasteiger partial charge in [0.1, 0.15) is 0 Å². The summed E-state index contributed by atoms with van der Waals surface area (Å²) in [6.45, 7) is 5.15. The molecule has 0 radical (unpaired) electrons. The zero-order valence-corrected chi connectivity index (χ0v) is 11.6. The molecule has 2 rings (SSSR count). The van der Waals surface area contributed by atoms with E-state index in [4.69, 9.17) is 4.52 Å². The minimum Gasteiger partial charge on any atom is -0.289 e. The van der Waals surface area contributed by atoms with Crippen LogP contribution in [0.15, 0.2) is 28.8 Å². The lowest BCUT2D eigenvalue weighted by Crippen LogP contribution is -2.41. The number of carbonyl (C=O) groups is 2. The molecule has 0 aliphatic heterocycles. The normalized spacial score (nSPS) is 10.3. The third kappa shape index (κ3) is 3.09. The second kappa shape index (κ2) is 5.64. The van der Waals surface area contributed by atoms with E-state index in [1.54, 1.807) is 0 Å². The molecule has 0 spiro atoms. The Morgan fingerprint density at radius 2 is 1.90 bits per heavy atom. The van der Waals surface area contributed by atoms with Crippen molar-refractivity contribution in [2.75, 3.05) is 5.32 Å². The van der Waals surface area contributed by atoms with Gasteiger partial charge in [0.25, 0.3) is 0 Å². The van der Waals surface area contributed by atoms with Crippen molar-refractivity contribution >= 4 is 17.6 Å². The van der Waals surface area contributed by atoms with Gasteiger partial charge in [-0.25, -0.2) is 0 Å². The van der Waals surface area contributed by atoms with E-state index in [0.717, 1.165) is 11.1 Å². The van der Waals surface area contributed by atoms with Crippen molar-refractivity contribution in [2.45, 2.75) is 27.3 Å². The Bertz CT molecular complexity index is 644. The molecule has 1 heterocycles. The average Bonchev–Trinajstić information content (AvgIpc) is 2.74. The van der Waals surface area contributed by atoms with Gasteiger partial charge >= 0.3 is 11.6 Å². The summed E-state index contributed by atoms with van der Waals surface area (Å²) in [7, 11) is 0. The van der Waals surface area contributed by atoms with Gasteiger partial charge in [-0.2, -0.15) is 0 Å². The summed E-state index contributed by atoms with van der Waals surface area (Å²) in [5.74, 6) is -0.453. The number of benzene rings is 1. The molecule has 0 aliphatic carbocycles. The molecule has 1 N–H and O–H groups in total. The highest BCUT2D eigenvalue weighted by molar-refractivity contribution is 5.98. The molecule has 2 aromatic rings. The van der Waals surface area contributed by atoms with Gasteiger partial charge in [0.15, 0.2) is 0 Å². The minimum atomic E-state index is -0.314. The molecule has 6 heteroatoms. The Morgan fingerprint density at radius 1 is 1.25 bits per heavy atom. The van der Waals surface area contributed by atoms with Crippen LogP contribution in [-0.4, -0.2) is 17.0 Å². The van der Waals surface area contributed by atoms with Crippen molar-refractivity contribution in [3.63, 3.8) is 0 Å². The van der Waals surface area contributed by atoms with Crippen LogP contribution in [0.4, 0.5) is 5.88 Å². The van der Waals surface area contributed by atoms with Crippen molar-refractivity contribution in [2.24, 2.45) is 0 Å². The van der Waals surface area contributed by atoms with Gasteiger partial charge in [-0.15, -0.1) is 0 Å². The molecule has 0 atom stereocenters. The molecule has 0 aliphatic rings. The average molecular weight is 274 g/mol. The fraction of sp³-hybridized carbons (Fsp3) is 0.286. The lowest BCUT2D eigenvalue weighted by Gasteiger charge is -1.96. The van der Waals surface area contributed by atoms with Gasteiger partial charge in [0, 0.05) is 19.4 Å². The van der Waals surface area contributed by atoms with Crippen LogP contribution >= 0.6 is 0 Å². The SMILES string of the molecule is CC(=O)Nc1on[n+](Cc2ccc(C)cc2)c1C(C)=O. The van der Waals surface area contributed by atoms with Crippen LogP contribution < -0.4 is 10.00 Å². The number of Topliss-reactive ketones (excluding diaryl/α,β-unsaturated/α-hetero) is 1. The van der Waals surface area contributed by atoms with Crippen molar-refractivity contribution in [3.8, 4) is 0 Å². The molecule has 0 bridgehead atoms. The third-order valence-corrected chi connectivity index (χ3v) is 2.78. The number of hydrogen-bond donors (Lipinski definition) is 1. The molecule has 0 unspecified atom stereocenters. The summed E-state index contributed by atoms with van der Waals surface area (Å²) in [5, 5.41) is 6.27. The monoisotopic (exact) mass is 274 g/mol. The van der Waals surface area contributed by atoms with Crippen LogP contribution in [0.2, 0.25) is 0 Å². The van der Waals surface area contributed by atoms with E-state index >= 15 is 0 Å². The maximum absolute atomic E-state index is 11.7. The van der Waals surface area contributed by atoms with Crippen LogP contribution in [0.5, 0.6) is 0 Å². The van der Waals surface area contributed by atoms with E-state index in [2.05, 4.69) is 10.6 Å². The molecular weight excluding hydrogens is 258 g/mol. The Balaban J connectivity index is 2.31. The highest BCUT2D eigenvalue weighted by Crippen LogP contribution is 2.12. The molecule has 1 amide bonds. The van der Waals surface area contributed by atoms with Gasteiger partial charge < -0.3 is 0 Å². The zero-order valence-electron chi connectivity index (χ0n) is 11.6. The van der Waals surface area contributed by atoms with Crippen molar-refractivity contribution in [3.05, 3.63) is 41.1 Å². The van der Waals surface area contributed by atoms with Crippen LogP contribution in [0, 0.1) is 6.92 Å². The number of aryl methyl sites for hydroxylation is 1.